The zero-order chi connectivity index (χ0) is 21.7. The molecule has 164 valence electrons. The molecule has 1 fully saturated rings. The second-order valence-electron chi connectivity index (χ2n) is 7.47. The normalized spacial score (nSPS) is 26.5. The summed E-state index contributed by atoms with van der Waals surface area (Å²) in [7, 11) is 1.38. The molecule has 3 rings (SSSR count). The van der Waals surface area contributed by atoms with Crippen molar-refractivity contribution in [1.29, 1.82) is 0 Å². The van der Waals surface area contributed by atoms with E-state index in [0.29, 0.717) is 17.7 Å². The summed E-state index contributed by atoms with van der Waals surface area (Å²) in [4.78, 5) is 0. The summed E-state index contributed by atoms with van der Waals surface area (Å²) in [5.41, 5.74) is 3.83. The van der Waals surface area contributed by atoms with Crippen molar-refractivity contribution in [3.8, 4) is 5.75 Å². The highest BCUT2D eigenvalue weighted by atomic mass is 16.7. The molecule has 7 nitrogen and oxygen atoms in total. The Labute approximate surface area is 176 Å². The highest BCUT2D eigenvalue weighted by molar-refractivity contribution is 5.41. The second-order valence-corrected chi connectivity index (χ2v) is 7.47. The summed E-state index contributed by atoms with van der Waals surface area (Å²) in [6, 6.07) is 13.6. The zero-order valence-electron chi connectivity index (χ0n) is 17.3. The predicted molar refractivity (Wildman–Crippen MR) is 110 cm³/mol. The van der Waals surface area contributed by atoms with Crippen LogP contribution in [0.25, 0.3) is 0 Å². The molecule has 5 atom stereocenters. The molecule has 0 amide bonds. The molecular weight excluding hydrogens is 388 g/mol. The highest BCUT2D eigenvalue weighted by Gasteiger charge is 2.46. The molecule has 2 aromatic carbocycles. The largest absolute Gasteiger partial charge is 0.462 e. The minimum absolute atomic E-state index is 0.163. The molecule has 0 radical (unpaired) electrons. The van der Waals surface area contributed by atoms with E-state index < -0.39 is 37.3 Å². The van der Waals surface area contributed by atoms with Crippen LogP contribution in [-0.4, -0.2) is 64.8 Å². The maximum absolute atomic E-state index is 10.5. The minimum Gasteiger partial charge on any atom is -0.462 e. The van der Waals surface area contributed by atoms with Crippen LogP contribution in [0.4, 0.5) is 0 Å². The van der Waals surface area contributed by atoms with Crippen LogP contribution in [-0.2, 0) is 28.9 Å². The molecular formula is C23H30O7. The topological polar surface area (TPSA) is 109 Å². The number of hydrogen-bond acceptors (Lipinski definition) is 7. The van der Waals surface area contributed by atoms with Gasteiger partial charge in [-0.3, -0.25) is 0 Å². The summed E-state index contributed by atoms with van der Waals surface area (Å²) < 4.78 is 16.8. The molecule has 0 bridgehead atoms. The van der Waals surface area contributed by atoms with E-state index in [-0.39, 0.29) is 6.61 Å². The van der Waals surface area contributed by atoms with Crippen LogP contribution in [0.15, 0.2) is 42.5 Å². The molecule has 0 saturated carbocycles. The Bertz CT molecular complexity index is 806. The van der Waals surface area contributed by atoms with E-state index >= 15 is 0 Å². The van der Waals surface area contributed by atoms with Crippen molar-refractivity contribution in [1.82, 2.24) is 0 Å². The quantitative estimate of drug-likeness (QED) is 0.510. The number of aliphatic hydroxyl groups excluding tert-OH is 4. The minimum atomic E-state index is -1.37. The number of ether oxygens (including phenoxy) is 3. The van der Waals surface area contributed by atoms with Crippen molar-refractivity contribution in [2.24, 2.45) is 0 Å². The molecule has 2 aromatic rings. The van der Waals surface area contributed by atoms with Gasteiger partial charge < -0.3 is 34.6 Å². The lowest BCUT2D eigenvalue weighted by Gasteiger charge is -2.41. The fraction of sp³-hybridized carbons (Fsp3) is 0.478. The van der Waals surface area contributed by atoms with E-state index in [0.717, 1.165) is 17.5 Å². The van der Waals surface area contributed by atoms with Gasteiger partial charge in [0.25, 0.3) is 0 Å². The molecule has 1 saturated heterocycles. The first-order valence-electron chi connectivity index (χ1n) is 10.1. The Morgan fingerprint density at radius 2 is 1.60 bits per heavy atom. The first-order valence-corrected chi connectivity index (χ1v) is 10.1. The van der Waals surface area contributed by atoms with Gasteiger partial charge in [-0.05, 0) is 34.7 Å². The lowest BCUT2D eigenvalue weighted by molar-refractivity contribution is -0.282. The lowest BCUT2D eigenvalue weighted by atomic mass is 9.98. The van der Waals surface area contributed by atoms with Gasteiger partial charge in [0, 0.05) is 13.5 Å². The highest BCUT2D eigenvalue weighted by Crippen LogP contribution is 2.30. The summed E-state index contributed by atoms with van der Waals surface area (Å²) in [5, 5.41) is 39.9. The van der Waals surface area contributed by atoms with Crippen LogP contribution in [0.2, 0.25) is 0 Å². The van der Waals surface area contributed by atoms with Gasteiger partial charge in [-0.15, -0.1) is 0 Å². The Kier molecular flexibility index (Phi) is 7.82. The van der Waals surface area contributed by atoms with Crippen LogP contribution in [0, 0.1) is 0 Å². The molecule has 1 heterocycles. The summed E-state index contributed by atoms with van der Waals surface area (Å²) in [5.74, 6) is 0.435. The van der Waals surface area contributed by atoms with E-state index in [1.54, 1.807) is 6.07 Å². The van der Waals surface area contributed by atoms with Crippen molar-refractivity contribution in [3.05, 3.63) is 64.7 Å². The maximum atomic E-state index is 10.5. The molecule has 1 aliphatic heterocycles. The Morgan fingerprint density at radius 3 is 2.20 bits per heavy atom. The van der Waals surface area contributed by atoms with Gasteiger partial charge in [0.1, 0.15) is 30.2 Å². The molecule has 30 heavy (non-hydrogen) atoms. The van der Waals surface area contributed by atoms with Gasteiger partial charge in [0.15, 0.2) is 0 Å². The first kappa shape index (κ1) is 22.7. The number of rotatable bonds is 8. The molecule has 7 heteroatoms. The van der Waals surface area contributed by atoms with Crippen molar-refractivity contribution in [3.63, 3.8) is 0 Å². The first-order chi connectivity index (χ1) is 14.5. The molecule has 0 unspecified atom stereocenters. The van der Waals surface area contributed by atoms with Crippen LogP contribution in [0.1, 0.15) is 29.2 Å². The number of hydrogen-bond donors (Lipinski definition) is 4. The van der Waals surface area contributed by atoms with E-state index in [1.807, 2.05) is 12.1 Å². The third kappa shape index (κ3) is 5.00. The maximum Gasteiger partial charge on any atom is 0.229 e. The lowest BCUT2D eigenvalue weighted by Crippen LogP contribution is -2.60. The van der Waals surface area contributed by atoms with Gasteiger partial charge in [-0.25, -0.2) is 0 Å². The number of aryl methyl sites for hydroxylation is 1. The second kappa shape index (κ2) is 10.3. The molecule has 0 aromatic heterocycles. The third-order valence-corrected chi connectivity index (χ3v) is 5.48. The average molecular weight is 418 g/mol. The fourth-order valence-electron chi connectivity index (χ4n) is 3.63. The summed E-state index contributed by atoms with van der Waals surface area (Å²) >= 11 is 0. The van der Waals surface area contributed by atoms with Gasteiger partial charge in [-0.2, -0.15) is 0 Å². The van der Waals surface area contributed by atoms with Crippen LogP contribution in [0.5, 0.6) is 5.75 Å². The smallest absolute Gasteiger partial charge is 0.229 e. The van der Waals surface area contributed by atoms with Crippen LogP contribution >= 0.6 is 0 Å². The van der Waals surface area contributed by atoms with E-state index in [9.17, 15) is 20.4 Å². The monoisotopic (exact) mass is 418 g/mol. The van der Waals surface area contributed by atoms with Gasteiger partial charge >= 0.3 is 0 Å². The van der Waals surface area contributed by atoms with Gasteiger partial charge in [0.2, 0.25) is 6.29 Å². The third-order valence-electron chi connectivity index (χ3n) is 5.48. The Balaban J connectivity index is 1.84. The molecule has 1 aliphatic rings. The number of methoxy groups -OCH3 is 1. The van der Waals surface area contributed by atoms with E-state index in [1.165, 1.54) is 12.7 Å². The molecule has 0 spiro atoms. The Hall–Kier alpha value is -2.00. The van der Waals surface area contributed by atoms with E-state index in [2.05, 4.69) is 31.2 Å². The number of benzene rings is 2. The summed E-state index contributed by atoms with van der Waals surface area (Å²) in [6.07, 6.45) is -4.01. The standard InChI is InChI=1S/C23H30O7/c1-3-14-4-6-15(7-5-14)10-17-9-8-16(12-24)11-18(17)29-23-21(27)20(26)22(28-2)19(13-25)30-23/h4-9,11,19-27H,3,10,12-13H2,1-2H3/t19-,20-,21-,22-,23+/m1/s1. The number of aliphatic hydroxyl groups is 4. The summed E-state index contributed by atoms with van der Waals surface area (Å²) in [6.45, 7) is 1.55. The Morgan fingerprint density at radius 1 is 0.933 bits per heavy atom. The van der Waals surface area contributed by atoms with Crippen LogP contribution < -0.4 is 4.74 Å². The van der Waals surface area contributed by atoms with Gasteiger partial charge in [-0.1, -0.05) is 43.3 Å². The average Bonchev–Trinajstić information content (AvgIpc) is 2.78. The zero-order valence-corrected chi connectivity index (χ0v) is 17.3. The fourth-order valence-corrected chi connectivity index (χ4v) is 3.63. The van der Waals surface area contributed by atoms with Crippen molar-refractivity contribution < 1.29 is 34.6 Å². The predicted octanol–water partition coefficient (Wildman–Crippen LogP) is 1.16. The van der Waals surface area contributed by atoms with Crippen LogP contribution in [0.3, 0.4) is 0 Å². The van der Waals surface area contributed by atoms with Crippen molar-refractivity contribution in [2.75, 3.05) is 13.7 Å². The molecule has 0 aliphatic carbocycles. The molecule has 4 N–H and O–H groups in total. The SMILES string of the molecule is CCc1ccc(Cc2ccc(CO)cc2O[C@H]2O[C@H](CO)[C@@H](OC)[C@H](O)[C@H]2O)cc1. The van der Waals surface area contributed by atoms with Crippen molar-refractivity contribution >= 4 is 0 Å². The van der Waals surface area contributed by atoms with Gasteiger partial charge in [0.05, 0.1) is 13.2 Å². The van der Waals surface area contributed by atoms with Crippen molar-refractivity contribution in [2.45, 2.75) is 57.1 Å². The van der Waals surface area contributed by atoms with E-state index in [4.69, 9.17) is 14.2 Å².